The molecule has 0 spiro atoms. The molecular formula is C6H7NO4. The molecule has 60 valence electrons. The van der Waals surface area contributed by atoms with Crippen molar-refractivity contribution in [3.05, 3.63) is 24.1 Å². The lowest BCUT2D eigenvalue weighted by Gasteiger charge is -2.24. The number of aliphatic carboxylic acids is 1. The van der Waals surface area contributed by atoms with Crippen LogP contribution in [0.5, 0.6) is 0 Å². The minimum Gasteiger partial charge on any atom is -0.507 e. The molecular weight excluding hydrogens is 150 g/mol. The molecule has 0 bridgehead atoms. The fraction of sp³-hybridized carbons (Fsp3) is 0.167. The number of allylic oxidation sites excluding steroid dienone is 2. The quantitative estimate of drug-likeness (QED) is 0.405. The number of hydrogen-bond donors (Lipinski definition) is 4. The number of carbonyl (C=O) groups is 1. The summed E-state index contributed by atoms with van der Waals surface area (Å²) in [5.74, 6) is -2.18. The Kier molecular flexibility index (Phi) is 1.58. The van der Waals surface area contributed by atoms with Crippen LogP contribution >= 0.6 is 0 Å². The van der Waals surface area contributed by atoms with Gasteiger partial charge in [0, 0.05) is 0 Å². The van der Waals surface area contributed by atoms with E-state index in [9.17, 15) is 4.79 Å². The second kappa shape index (κ2) is 2.28. The lowest BCUT2D eigenvalue weighted by atomic mass is 10.1. The van der Waals surface area contributed by atoms with Crippen LogP contribution in [0.25, 0.3) is 0 Å². The molecule has 5 nitrogen and oxygen atoms in total. The van der Waals surface area contributed by atoms with Gasteiger partial charge in [-0.15, -0.1) is 0 Å². The first-order chi connectivity index (χ1) is 5.07. The average molecular weight is 157 g/mol. The molecule has 0 amide bonds. The van der Waals surface area contributed by atoms with E-state index in [0.29, 0.717) is 0 Å². The van der Waals surface area contributed by atoms with Gasteiger partial charge in [-0.3, -0.25) is 0 Å². The smallest absolute Gasteiger partial charge is 0.365 e. The third-order valence-electron chi connectivity index (χ3n) is 1.32. The van der Waals surface area contributed by atoms with E-state index < -0.39 is 17.5 Å². The van der Waals surface area contributed by atoms with Crippen molar-refractivity contribution < 1.29 is 20.1 Å². The molecule has 0 saturated carbocycles. The molecule has 1 heterocycles. The van der Waals surface area contributed by atoms with E-state index in [1.807, 2.05) is 0 Å². The van der Waals surface area contributed by atoms with Crippen LogP contribution in [0.15, 0.2) is 24.1 Å². The number of aliphatic hydroxyl groups excluding tert-OH is 1. The lowest BCUT2D eigenvalue weighted by molar-refractivity contribution is -0.159. The predicted octanol–water partition coefficient (Wildman–Crippen LogP) is -0.682. The van der Waals surface area contributed by atoms with Crippen molar-refractivity contribution in [2.45, 2.75) is 5.72 Å². The van der Waals surface area contributed by atoms with Gasteiger partial charge in [0.2, 0.25) is 0 Å². The van der Waals surface area contributed by atoms with E-state index in [1.54, 1.807) is 0 Å². The average Bonchev–Trinajstić information content (AvgIpc) is 1.95. The summed E-state index contributed by atoms with van der Waals surface area (Å²) in [7, 11) is 0. The van der Waals surface area contributed by atoms with Crippen molar-refractivity contribution in [2.75, 3.05) is 0 Å². The van der Waals surface area contributed by atoms with Gasteiger partial charge in [-0.2, -0.15) is 0 Å². The largest absolute Gasteiger partial charge is 0.507 e. The van der Waals surface area contributed by atoms with Crippen molar-refractivity contribution in [2.24, 2.45) is 0 Å². The van der Waals surface area contributed by atoms with Crippen molar-refractivity contribution >= 4 is 5.97 Å². The Bertz CT molecular complexity index is 245. The van der Waals surface area contributed by atoms with E-state index in [4.69, 9.17) is 15.3 Å². The van der Waals surface area contributed by atoms with Gasteiger partial charge in [0.1, 0.15) is 0 Å². The maximum absolute atomic E-state index is 10.3. The van der Waals surface area contributed by atoms with Gasteiger partial charge in [0.05, 0.1) is 0 Å². The molecule has 0 aromatic heterocycles. The number of hydrogen-bond acceptors (Lipinski definition) is 4. The number of rotatable bonds is 1. The molecule has 1 aliphatic rings. The van der Waals surface area contributed by atoms with Crippen molar-refractivity contribution in [1.82, 2.24) is 5.32 Å². The van der Waals surface area contributed by atoms with Crippen LogP contribution in [0.4, 0.5) is 0 Å². The van der Waals surface area contributed by atoms with Crippen molar-refractivity contribution in [3.8, 4) is 0 Å². The molecule has 11 heavy (non-hydrogen) atoms. The minimum atomic E-state index is -2.37. The van der Waals surface area contributed by atoms with E-state index >= 15 is 0 Å². The van der Waals surface area contributed by atoms with Crippen molar-refractivity contribution in [3.63, 3.8) is 0 Å². The Morgan fingerprint density at radius 1 is 1.64 bits per heavy atom. The Labute approximate surface area is 62.3 Å². The van der Waals surface area contributed by atoms with E-state index in [2.05, 4.69) is 5.32 Å². The highest BCUT2D eigenvalue weighted by molar-refractivity contribution is 5.80. The summed E-state index contributed by atoms with van der Waals surface area (Å²) in [5, 5.41) is 28.6. The minimum absolute atomic E-state index is 0.632. The second-order valence-corrected chi connectivity index (χ2v) is 2.07. The molecule has 1 aliphatic heterocycles. The van der Waals surface area contributed by atoms with Gasteiger partial charge in [-0.05, 0) is 18.4 Å². The lowest BCUT2D eigenvalue weighted by Crippen LogP contribution is -2.52. The molecule has 0 fully saturated rings. The standard InChI is InChI=1S/C6H7NO4/c8-4-2-1-3-7-6(4,11)5(9)10/h1-3,7-8,11H,(H,9,10). The summed E-state index contributed by atoms with van der Waals surface area (Å²) in [6.07, 6.45) is 3.71. The number of aliphatic hydroxyl groups is 2. The topological polar surface area (TPSA) is 89.8 Å². The monoisotopic (exact) mass is 157 g/mol. The highest BCUT2D eigenvalue weighted by atomic mass is 16.4. The molecule has 1 atom stereocenters. The maximum atomic E-state index is 10.3. The fourth-order valence-corrected chi connectivity index (χ4v) is 0.674. The van der Waals surface area contributed by atoms with Crippen molar-refractivity contribution in [1.29, 1.82) is 0 Å². The molecule has 0 aromatic rings. The van der Waals surface area contributed by atoms with Crippen LogP contribution in [0.1, 0.15) is 0 Å². The maximum Gasteiger partial charge on any atom is 0.365 e. The third kappa shape index (κ3) is 1.05. The van der Waals surface area contributed by atoms with Gasteiger partial charge in [0.15, 0.2) is 5.76 Å². The Morgan fingerprint density at radius 2 is 2.27 bits per heavy atom. The zero-order valence-electron chi connectivity index (χ0n) is 5.48. The number of dihydropyridines is 1. The molecule has 1 rings (SSSR count). The summed E-state index contributed by atoms with van der Waals surface area (Å²) >= 11 is 0. The van der Waals surface area contributed by atoms with Gasteiger partial charge >= 0.3 is 5.97 Å². The first-order valence-electron chi connectivity index (χ1n) is 2.87. The number of nitrogens with one attached hydrogen (secondary N) is 1. The zero-order chi connectivity index (χ0) is 8.48. The SMILES string of the molecule is O=C(O)C1(O)NC=CC=C1O. The van der Waals surface area contributed by atoms with E-state index in [1.165, 1.54) is 12.3 Å². The van der Waals surface area contributed by atoms with Crippen LogP contribution in [0.2, 0.25) is 0 Å². The van der Waals surface area contributed by atoms with Crippen LogP contribution < -0.4 is 5.32 Å². The van der Waals surface area contributed by atoms with Crippen LogP contribution in [0, 0.1) is 0 Å². The molecule has 0 radical (unpaired) electrons. The summed E-state index contributed by atoms with van der Waals surface area (Å²) in [6, 6.07) is 0. The van der Waals surface area contributed by atoms with Crippen LogP contribution in [0.3, 0.4) is 0 Å². The Hall–Kier alpha value is -1.49. The summed E-state index contributed by atoms with van der Waals surface area (Å²) in [6.45, 7) is 0. The van der Waals surface area contributed by atoms with Gasteiger partial charge in [-0.25, -0.2) is 4.79 Å². The second-order valence-electron chi connectivity index (χ2n) is 2.07. The van der Waals surface area contributed by atoms with Crippen LogP contribution in [-0.2, 0) is 4.79 Å². The first-order valence-corrected chi connectivity index (χ1v) is 2.87. The zero-order valence-corrected chi connectivity index (χ0v) is 5.48. The molecule has 0 aliphatic carbocycles. The van der Waals surface area contributed by atoms with Crippen LogP contribution in [-0.4, -0.2) is 27.0 Å². The summed E-state index contributed by atoms with van der Waals surface area (Å²) in [4.78, 5) is 10.3. The van der Waals surface area contributed by atoms with E-state index in [-0.39, 0.29) is 0 Å². The van der Waals surface area contributed by atoms with Gasteiger partial charge in [-0.1, -0.05) is 0 Å². The third-order valence-corrected chi connectivity index (χ3v) is 1.32. The molecule has 4 N–H and O–H groups in total. The normalized spacial score (nSPS) is 29.0. The Balaban J connectivity index is 2.97. The highest BCUT2D eigenvalue weighted by Gasteiger charge is 2.40. The Morgan fingerprint density at radius 3 is 2.64 bits per heavy atom. The van der Waals surface area contributed by atoms with Gasteiger partial charge < -0.3 is 20.6 Å². The molecule has 5 heteroatoms. The molecule has 0 aromatic carbocycles. The fourth-order valence-electron chi connectivity index (χ4n) is 0.674. The van der Waals surface area contributed by atoms with Gasteiger partial charge in [0.25, 0.3) is 5.72 Å². The molecule has 1 unspecified atom stereocenters. The number of carboxylic acid groups (broad SMARTS) is 1. The highest BCUT2D eigenvalue weighted by Crippen LogP contribution is 2.14. The molecule has 0 saturated heterocycles. The first kappa shape index (κ1) is 7.62. The summed E-state index contributed by atoms with van der Waals surface area (Å²) < 4.78 is 0. The summed E-state index contributed by atoms with van der Waals surface area (Å²) in [5.41, 5.74) is -2.37. The number of carboxylic acids is 1. The predicted molar refractivity (Wildman–Crippen MR) is 35.6 cm³/mol. The van der Waals surface area contributed by atoms with E-state index in [0.717, 1.165) is 6.08 Å².